The Hall–Kier alpha value is -0.0800. The first kappa shape index (κ1) is 10.1. The van der Waals surface area contributed by atoms with Gasteiger partial charge in [-0.05, 0) is 43.9 Å². The van der Waals surface area contributed by atoms with Crippen LogP contribution in [0.1, 0.15) is 44.9 Å². The highest BCUT2D eigenvalue weighted by atomic mass is 16.3. The molecule has 0 saturated heterocycles. The monoisotopic (exact) mass is 210 g/mol. The number of aliphatic hydroxyl groups is 2. The van der Waals surface area contributed by atoms with Gasteiger partial charge < -0.3 is 10.2 Å². The first-order valence-corrected chi connectivity index (χ1v) is 6.50. The quantitative estimate of drug-likeness (QED) is 0.731. The molecular weight excluding hydrogens is 188 g/mol. The third kappa shape index (κ3) is 1.03. The maximum Gasteiger partial charge on any atom is 0.0496 e. The lowest BCUT2D eigenvalue weighted by Gasteiger charge is -2.52. The van der Waals surface area contributed by atoms with Gasteiger partial charge in [-0.15, -0.1) is 0 Å². The van der Waals surface area contributed by atoms with Crippen molar-refractivity contribution >= 4 is 0 Å². The molecule has 0 aromatic heterocycles. The van der Waals surface area contributed by atoms with E-state index in [2.05, 4.69) is 0 Å². The Kier molecular flexibility index (Phi) is 2.16. The third-order valence-corrected chi connectivity index (χ3v) is 5.95. The molecule has 0 aromatic rings. The van der Waals surface area contributed by atoms with Crippen molar-refractivity contribution in [3.8, 4) is 0 Å². The molecule has 0 amide bonds. The average molecular weight is 210 g/mol. The second-order valence-corrected chi connectivity index (χ2v) is 6.11. The number of hydrogen-bond acceptors (Lipinski definition) is 2. The Morgan fingerprint density at radius 2 is 1.87 bits per heavy atom. The molecule has 4 unspecified atom stereocenters. The molecule has 0 aliphatic heterocycles. The van der Waals surface area contributed by atoms with Crippen molar-refractivity contribution in [3.05, 3.63) is 0 Å². The predicted molar refractivity (Wildman–Crippen MR) is 58.3 cm³/mol. The zero-order valence-electron chi connectivity index (χ0n) is 9.41. The molecule has 3 aliphatic carbocycles. The van der Waals surface area contributed by atoms with Crippen LogP contribution in [0.15, 0.2) is 0 Å². The van der Waals surface area contributed by atoms with Gasteiger partial charge in [-0.2, -0.15) is 0 Å². The summed E-state index contributed by atoms with van der Waals surface area (Å²) < 4.78 is 0. The fourth-order valence-electron chi connectivity index (χ4n) is 5.24. The molecule has 2 nitrogen and oxygen atoms in total. The Morgan fingerprint density at radius 1 is 1.00 bits per heavy atom. The smallest absolute Gasteiger partial charge is 0.0496 e. The fraction of sp³-hybridized carbons (Fsp3) is 1.00. The Morgan fingerprint density at radius 3 is 2.60 bits per heavy atom. The Balaban J connectivity index is 2.01. The molecule has 3 saturated carbocycles. The van der Waals surface area contributed by atoms with Crippen molar-refractivity contribution in [2.24, 2.45) is 22.7 Å². The number of fused-ring (bicyclic) bond motifs is 5. The molecule has 3 fully saturated rings. The van der Waals surface area contributed by atoms with Crippen LogP contribution in [0.4, 0.5) is 0 Å². The molecule has 86 valence electrons. The summed E-state index contributed by atoms with van der Waals surface area (Å²) in [5.41, 5.74) is 0.195. The van der Waals surface area contributed by atoms with Gasteiger partial charge in [0.05, 0.1) is 0 Å². The van der Waals surface area contributed by atoms with Crippen molar-refractivity contribution < 1.29 is 10.2 Å². The van der Waals surface area contributed by atoms with Crippen LogP contribution in [0.2, 0.25) is 0 Å². The van der Waals surface area contributed by atoms with Gasteiger partial charge in [0, 0.05) is 24.0 Å². The average Bonchev–Trinajstić information content (AvgIpc) is 2.85. The molecule has 3 aliphatic rings. The zero-order chi connectivity index (χ0) is 10.5. The molecular formula is C13H22O2. The molecule has 0 heterocycles. The standard InChI is InChI=1S/C13H22O2/c14-8-12-6-4-10(7-12)11-3-1-2-5-13(11,12)9-15/h10-11,14-15H,1-9H2. The molecule has 2 N–H and O–H groups in total. The van der Waals surface area contributed by atoms with E-state index in [0.717, 1.165) is 24.7 Å². The Labute approximate surface area is 91.7 Å². The van der Waals surface area contributed by atoms with Gasteiger partial charge in [-0.3, -0.25) is 0 Å². The lowest BCUT2D eigenvalue weighted by molar-refractivity contribution is -0.0958. The highest BCUT2D eigenvalue weighted by Crippen LogP contribution is 2.70. The van der Waals surface area contributed by atoms with Crippen LogP contribution in [-0.4, -0.2) is 23.4 Å². The first-order valence-electron chi connectivity index (χ1n) is 6.50. The van der Waals surface area contributed by atoms with E-state index in [4.69, 9.17) is 0 Å². The molecule has 2 heteroatoms. The topological polar surface area (TPSA) is 40.5 Å². The zero-order valence-corrected chi connectivity index (χ0v) is 9.41. The summed E-state index contributed by atoms with van der Waals surface area (Å²) in [6, 6.07) is 0. The molecule has 15 heavy (non-hydrogen) atoms. The number of aliphatic hydroxyl groups excluding tert-OH is 2. The van der Waals surface area contributed by atoms with E-state index in [1.807, 2.05) is 0 Å². The van der Waals surface area contributed by atoms with Crippen molar-refractivity contribution in [2.75, 3.05) is 13.2 Å². The molecule has 3 rings (SSSR count). The normalized spacial score (nSPS) is 53.2. The second-order valence-electron chi connectivity index (χ2n) is 6.11. The van der Waals surface area contributed by atoms with Crippen molar-refractivity contribution in [2.45, 2.75) is 44.9 Å². The van der Waals surface area contributed by atoms with Gasteiger partial charge in [0.25, 0.3) is 0 Å². The summed E-state index contributed by atoms with van der Waals surface area (Å²) in [5, 5.41) is 19.6. The fourth-order valence-corrected chi connectivity index (χ4v) is 5.24. The summed E-state index contributed by atoms with van der Waals surface area (Å²) >= 11 is 0. The lowest BCUT2D eigenvalue weighted by Crippen LogP contribution is -2.50. The summed E-state index contributed by atoms with van der Waals surface area (Å²) in [6.45, 7) is 0.620. The number of hydrogen-bond donors (Lipinski definition) is 2. The highest BCUT2D eigenvalue weighted by Gasteiger charge is 2.66. The number of rotatable bonds is 2. The van der Waals surface area contributed by atoms with Crippen LogP contribution < -0.4 is 0 Å². The van der Waals surface area contributed by atoms with Gasteiger partial charge in [-0.1, -0.05) is 12.8 Å². The van der Waals surface area contributed by atoms with E-state index in [9.17, 15) is 10.2 Å². The molecule has 0 spiro atoms. The largest absolute Gasteiger partial charge is 0.396 e. The summed E-state index contributed by atoms with van der Waals surface area (Å²) in [4.78, 5) is 0. The van der Waals surface area contributed by atoms with E-state index in [0.29, 0.717) is 13.2 Å². The Bertz CT molecular complexity index is 265. The van der Waals surface area contributed by atoms with Gasteiger partial charge in [0.15, 0.2) is 0 Å². The molecule has 0 aromatic carbocycles. The molecule has 0 radical (unpaired) electrons. The summed E-state index contributed by atoms with van der Waals surface area (Å²) in [6.07, 6.45) is 8.70. The van der Waals surface area contributed by atoms with Gasteiger partial charge in [0.1, 0.15) is 0 Å². The summed E-state index contributed by atoms with van der Waals surface area (Å²) in [5.74, 6) is 1.53. The van der Waals surface area contributed by atoms with Crippen LogP contribution in [0.3, 0.4) is 0 Å². The van der Waals surface area contributed by atoms with E-state index in [1.54, 1.807) is 0 Å². The van der Waals surface area contributed by atoms with E-state index >= 15 is 0 Å². The van der Waals surface area contributed by atoms with Gasteiger partial charge in [-0.25, -0.2) is 0 Å². The highest BCUT2D eigenvalue weighted by molar-refractivity contribution is 5.14. The van der Waals surface area contributed by atoms with Gasteiger partial charge in [0.2, 0.25) is 0 Å². The molecule has 2 bridgehead atoms. The third-order valence-electron chi connectivity index (χ3n) is 5.95. The first-order chi connectivity index (χ1) is 7.28. The lowest BCUT2D eigenvalue weighted by atomic mass is 9.54. The van der Waals surface area contributed by atoms with Gasteiger partial charge >= 0.3 is 0 Å². The SMILES string of the molecule is OCC12CCC(C1)C1CCCCC12CO. The van der Waals surface area contributed by atoms with Crippen molar-refractivity contribution in [1.29, 1.82) is 0 Å². The van der Waals surface area contributed by atoms with Crippen molar-refractivity contribution in [1.82, 2.24) is 0 Å². The molecule has 4 atom stereocenters. The van der Waals surface area contributed by atoms with Crippen LogP contribution in [0.25, 0.3) is 0 Å². The van der Waals surface area contributed by atoms with Crippen LogP contribution in [-0.2, 0) is 0 Å². The maximum absolute atomic E-state index is 9.86. The van der Waals surface area contributed by atoms with E-state index < -0.39 is 0 Å². The minimum Gasteiger partial charge on any atom is -0.396 e. The minimum absolute atomic E-state index is 0.0947. The minimum atomic E-state index is 0.0947. The van der Waals surface area contributed by atoms with Crippen LogP contribution >= 0.6 is 0 Å². The predicted octanol–water partition coefficient (Wildman–Crippen LogP) is 1.95. The summed E-state index contributed by atoms with van der Waals surface area (Å²) in [7, 11) is 0. The van der Waals surface area contributed by atoms with Crippen LogP contribution in [0, 0.1) is 22.7 Å². The van der Waals surface area contributed by atoms with Crippen molar-refractivity contribution in [3.63, 3.8) is 0 Å². The van der Waals surface area contributed by atoms with Crippen LogP contribution in [0.5, 0.6) is 0 Å². The van der Waals surface area contributed by atoms with E-state index in [-0.39, 0.29) is 10.8 Å². The maximum atomic E-state index is 9.86. The van der Waals surface area contributed by atoms with E-state index in [1.165, 1.54) is 32.1 Å². The second kappa shape index (κ2) is 3.21.